The van der Waals surface area contributed by atoms with Crippen LogP contribution in [0.15, 0.2) is 0 Å². The van der Waals surface area contributed by atoms with E-state index in [1.54, 1.807) is 21.3 Å². The summed E-state index contributed by atoms with van der Waals surface area (Å²) in [5.74, 6) is 0. The molecule has 1 atom stereocenters. The van der Waals surface area contributed by atoms with Gasteiger partial charge in [-0.2, -0.15) is 0 Å². The Morgan fingerprint density at radius 2 is 1.25 bits per heavy atom. The second kappa shape index (κ2) is 9.41. The van der Waals surface area contributed by atoms with Gasteiger partial charge < -0.3 is 22.1 Å². The zero-order chi connectivity index (χ0) is 19.2. The molecule has 0 aliphatic rings. The van der Waals surface area contributed by atoms with Gasteiger partial charge >= 0.3 is 8.80 Å². The van der Waals surface area contributed by atoms with Crippen LogP contribution in [0.3, 0.4) is 0 Å². The van der Waals surface area contributed by atoms with Gasteiger partial charge in [-0.3, -0.25) is 0 Å². The second-order valence-electron chi connectivity index (χ2n) is 7.23. The van der Waals surface area contributed by atoms with Crippen LogP contribution < -0.4 is 0 Å². The zero-order valence-corrected chi connectivity index (χ0v) is 20.9. The summed E-state index contributed by atoms with van der Waals surface area (Å²) in [7, 11) is -1.43. The van der Waals surface area contributed by atoms with Gasteiger partial charge in [-0.1, -0.05) is 20.8 Å². The van der Waals surface area contributed by atoms with Gasteiger partial charge in [0.25, 0.3) is 0 Å². The summed E-state index contributed by atoms with van der Waals surface area (Å²) < 4.78 is 30.9. The van der Waals surface area contributed by atoms with Crippen molar-refractivity contribution in [2.24, 2.45) is 0 Å². The third kappa shape index (κ3) is 4.59. The maximum Gasteiger partial charge on any atom is 0.532 e. The lowest BCUT2D eigenvalue weighted by molar-refractivity contribution is -0.0115. The average molecular weight is 397 g/mol. The molecule has 0 fully saturated rings. The van der Waals surface area contributed by atoms with E-state index in [1.165, 1.54) is 0 Å². The summed E-state index contributed by atoms with van der Waals surface area (Å²) in [6.07, 6.45) is 2.49. The molecule has 0 bridgehead atoms. The SMILES string of the molecule is CCC(C)(O[SiH](C)C)[Si](C)(C)OC(CC)(CC)[Si](OC)(OC)OC. The highest BCUT2D eigenvalue weighted by Crippen LogP contribution is 2.40. The van der Waals surface area contributed by atoms with Gasteiger partial charge in [0.05, 0.1) is 5.22 Å². The quantitative estimate of drug-likeness (QED) is 0.468. The van der Waals surface area contributed by atoms with Crippen LogP contribution in [0.5, 0.6) is 0 Å². The fraction of sp³-hybridized carbons (Fsp3) is 1.00. The molecule has 0 aromatic carbocycles. The zero-order valence-electron chi connectivity index (χ0n) is 17.7. The van der Waals surface area contributed by atoms with E-state index in [2.05, 4.69) is 53.9 Å². The fourth-order valence-corrected chi connectivity index (χ4v) is 12.6. The van der Waals surface area contributed by atoms with E-state index in [1.807, 2.05) is 0 Å². The molecule has 5 nitrogen and oxygen atoms in total. The Morgan fingerprint density at radius 3 is 1.50 bits per heavy atom. The lowest BCUT2D eigenvalue weighted by atomic mass is 10.2. The van der Waals surface area contributed by atoms with Crippen LogP contribution in [-0.2, 0) is 22.1 Å². The molecule has 0 saturated carbocycles. The molecule has 0 aromatic rings. The van der Waals surface area contributed by atoms with Gasteiger partial charge in [0.2, 0.25) is 8.32 Å². The van der Waals surface area contributed by atoms with Gasteiger partial charge in [-0.25, -0.2) is 0 Å². The Kier molecular flexibility index (Phi) is 9.58. The molecule has 1 unspecified atom stereocenters. The molecule has 0 heterocycles. The predicted molar refractivity (Wildman–Crippen MR) is 107 cm³/mol. The summed E-state index contributed by atoms with van der Waals surface area (Å²) in [6, 6.07) is 0. The topological polar surface area (TPSA) is 46.2 Å². The molecule has 0 spiro atoms. The van der Waals surface area contributed by atoms with E-state index in [0.29, 0.717) is 0 Å². The molecule has 0 aliphatic carbocycles. The highest BCUT2D eigenvalue weighted by Gasteiger charge is 2.63. The first-order valence-electron chi connectivity index (χ1n) is 9.02. The Bertz CT molecular complexity index is 362. The fourth-order valence-electron chi connectivity index (χ4n) is 3.47. The van der Waals surface area contributed by atoms with Crippen LogP contribution in [0.1, 0.15) is 47.0 Å². The largest absolute Gasteiger partial charge is 0.532 e. The molecule has 8 heteroatoms. The van der Waals surface area contributed by atoms with Crippen LogP contribution in [0.2, 0.25) is 26.2 Å². The van der Waals surface area contributed by atoms with Crippen LogP contribution in [0, 0.1) is 0 Å². The maximum absolute atomic E-state index is 6.94. The molecule has 0 amide bonds. The van der Waals surface area contributed by atoms with E-state index in [4.69, 9.17) is 22.1 Å². The van der Waals surface area contributed by atoms with Crippen LogP contribution in [0.4, 0.5) is 0 Å². The van der Waals surface area contributed by atoms with Gasteiger partial charge in [0.1, 0.15) is 5.22 Å². The summed E-state index contributed by atoms with van der Waals surface area (Å²) >= 11 is 0. The third-order valence-corrected chi connectivity index (χ3v) is 14.3. The number of hydrogen-bond acceptors (Lipinski definition) is 5. The standard InChI is InChI=1S/C16H40O5Si3/c1-12-15(4,20-22(8)9)23(10,11)21-16(13-2,14-3)24(17-5,18-6)19-7/h22H,12-14H2,1-11H3. The highest BCUT2D eigenvalue weighted by molar-refractivity contribution is 6.76. The smallest absolute Gasteiger partial charge is 0.415 e. The molecule has 0 rings (SSSR count). The van der Waals surface area contributed by atoms with E-state index >= 15 is 0 Å². The maximum atomic E-state index is 6.94. The van der Waals surface area contributed by atoms with E-state index in [-0.39, 0.29) is 5.22 Å². The lowest BCUT2D eigenvalue weighted by Gasteiger charge is -2.51. The minimum Gasteiger partial charge on any atom is -0.415 e. The van der Waals surface area contributed by atoms with Gasteiger partial charge in [0, 0.05) is 21.3 Å². The van der Waals surface area contributed by atoms with Gasteiger partial charge in [-0.05, 0) is 52.4 Å². The molecular weight excluding hydrogens is 356 g/mol. The summed E-state index contributed by atoms with van der Waals surface area (Å²) in [4.78, 5) is 0. The second-order valence-corrected chi connectivity index (χ2v) is 17.1. The Hall–Kier alpha value is 0.451. The summed E-state index contributed by atoms with van der Waals surface area (Å²) in [6.45, 7) is 17.5. The molecule has 0 saturated heterocycles. The van der Waals surface area contributed by atoms with Crippen molar-refractivity contribution in [2.45, 2.75) is 83.6 Å². The summed E-state index contributed by atoms with van der Waals surface area (Å²) in [5, 5.41) is -0.794. The first-order valence-corrected chi connectivity index (χ1v) is 16.4. The van der Waals surface area contributed by atoms with Crippen LogP contribution in [0.25, 0.3) is 0 Å². The van der Waals surface area contributed by atoms with Crippen molar-refractivity contribution in [2.75, 3.05) is 21.3 Å². The number of hydrogen-bond donors (Lipinski definition) is 0. The molecule has 24 heavy (non-hydrogen) atoms. The Balaban J connectivity index is 5.96. The van der Waals surface area contributed by atoms with Crippen molar-refractivity contribution >= 4 is 26.2 Å². The lowest BCUT2D eigenvalue weighted by Crippen LogP contribution is -2.71. The van der Waals surface area contributed by atoms with Crippen molar-refractivity contribution in [3.8, 4) is 0 Å². The predicted octanol–water partition coefficient (Wildman–Crippen LogP) is 3.89. The van der Waals surface area contributed by atoms with Gasteiger partial charge in [-0.15, -0.1) is 0 Å². The van der Waals surface area contributed by atoms with Gasteiger partial charge in [0.15, 0.2) is 9.04 Å². The molecule has 0 aliphatic heterocycles. The first-order chi connectivity index (χ1) is 11.0. The Morgan fingerprint density at radius 1 is 0.833 bits per heavy atom. The van der Waals surface area contributed by atoms with Crippen LogP contribution in [-0.4, -0.2) is 57.9 Å². The Labute approximate surface area is 153 Å². The molecule has 146 valence electrons. The van der Waals surface area contributed by atoms with Crippen molar-refractivity contribution in [1.29, 1.82) is 0 Å². The van der Waals surface area contributed by atoms with Crippen LogP contribution >= 0.6 is 0 Å². The average Bonchev–Trinajstić information content (AvgIpc) is 2.54. The normalized spacial score (nSPS) is 16.5. The van der Waals surface area contributed by atoms with Crippen molar-refractivity contribution in [3.63, 3.8) is 0 Å². The molecular formula is C16H40O5Si3. The van der Waals surface area contributed by atoms with E-state index < -0.39 is 31.4 Å². The van der Waals surface area contributed by atoms with E-state index in [0.717, 1.165) is 19.3 Å². The van der Waals surface area contributed by atoms with Crippen molar-refractivity contribution in [3.05, 3.63) is 0 Å². The highest BCUT2D eigenvalue weighted by atomic mass is 28.4. The molecule has 0 aromatic heterocycles. The van der Waals surface area contributed by atoms with E-state index in [9.17, 15) is 0 Å². The molecule has 0 radical (unpaired) electrons. The molecule has 0 N–H and O–H groups in total. The monoisotopic (exact) mass is 396 g/mol. The van der Waals surface area contributed by atoms with Crippen molar-refractivity contribution < 1.29 is 22.1 Å². The summed E-state index contributed by atoms with van der Waals surface area (Å²) in [5.41, 5.74) is 0. The third-order valence-electron chi connectivity index (χ3n) is 5.40. The van der Waals surface area contributed by atoms with Crippen molar-refractivity contribution in [1.82, 2.24) is 0 Å². The minimum atomic E-state index is -2.97. The first kappa shape index (κ1) is 24.5. The minimum absolute atomic E-state index is 0.238. The number of rotatable bonds is 12.